The predicted octanol–water partition coefficient (Wildman–Crippen LogP) is 3.32. The Hall–Kier alpha value is -1.77. The molecule has 0 saturated carbocycles. The molecule has 1 rings (SSSR count). The molecule has 0 radical (unpaired) electrons. The summed E-state index contributed by atoms with van der Waals surface area (Å²) in [5, 5.41) is 0. The van der Waals surface area contributed by atoms with Crippen LogP contribution in [0.5, 0.6) is 5.75 Å². The van der Waals surface area contributed by atoms with Crippen LogP contribution < -0.4 is 9.64 Å². The summed E-state index contributed by atoms with van der Waals surface area (Å²) in [7, 11) is 3.43. The van der Waals surface area contributed by atoms with Crippen LogP contribution in [0.1, 0.15) is 25.8 Å². The minimum absolute atomic E-state index is 0.0325. The summed E-state index contributed by atoms with van der Waals surface area (Å²) in [5.74, 6) is 0.836. The van der Waals surface area contributed by atoms with Gasteiger partial charge >= 0.3 is 0 Å². The molecule has 0 heterocycles. The van der Waals surface area contributed by atoms with Crippen molar-refractivity contribution in [2.75, 3.05) is 19.1 Å². The number of aryl methyl sites for hydroxylation is 1. The number of ether oxygens (including phenoxy) is 1. The van der Waals surface area contributed by atoms with Gasteiger partial charge in [0, 0.05) is 18.3 Å². The maximum Gasteiger partial charge on any atom is 0.253 e. The van der Waals surface area contributed by atoms with E-state index >= 15 is 0 Å². The maximum atomic E-state index is 12.2. The quantitative estimate of drug-likeness (QED) is 0.764. The zero-order chi connectivity index (χ0) is 13.7. The molecule has 0 unspecified atom stereocenters. The Labute approximate surface area is 109 Å². The van der Waals surface area contributed by atoms with E-state index in [-0.39, 0.29) is 5.91 Å². The number of nitrogens with zero attached hydrogens (tertiary/aromatic N) is 1. The molecular formula is C15H21NO2. The first-order valence-corrected chi connectivity index (χ1v) is 6.10. The van der Waals surface area contributed by atoms with E-state index in [0.29, 0.717) is 0 Å². The van der Waals surface area contributed by atoms with E-state index in [1.165, 1.54) is 0 Å². The van der Waals surface area contributed by atoms with Crippen molar-refractivity contribution in [3.05, 3.63) is 35.4 Å². The molecule has 0 saturated heterocycles. The summed E-state index contributed by atoms with van der Waals surface area (Å²) >= 11 is 0. The Bertz CT molecular complexity index is 464. The van der Waals surface area contributed by atoms with Crippen LogP contribution in [0.4, 0.5) is 5.69 Å². The van der Waals surface area contributed by atoms with Gasteiger partial charge in [-0.05, 0) is 44.0 Å². The van der Waals surface area contributed by atoms with Crippen molar-refractivity contribution in [3.8, 4) is 5.75 Å². The van der Waals surface area contributed by atoms with Crippen molar-refractivity contribution in [2.45, 2.75) is 27.2 Å². The van der Waals surface area contributed by atoms with Crippen molar-refractivity contribution in [1.29, 1.82) is 0 Å². The highest BCUT2D eigenvalue weighted by molar-refractivity contribution is 6.05. The molecular weight excluding hydrogens is 226 g/mol. The molecule has 1 aromatic rings. The van der Waals surface area contributed by atoms with E-state index in [2.05, 4.69) is 0 Å². The maximum absolute atomic E-state index is 12.2. The summed E-state index contributed by atoms with van der Waals surface area (Å²) in [5.41, 5.74) is 2.70. The molecule has 0 bridgehead atoms. The van der Waals surface area contributed by atoms with Crippen LogP contribution in [0, 0.1) is 6.92 Å². The fourth-order valence-electron chi connectivity index (χ4n) is 1.90. The number of carbonyl (C=O) groups excluding carboxylic acids is 1. The molecule has 0 aromatic heterocycles. The van der Waals surface area contributed by atoms with Crippen LogP contribution in [-0.2, 0) is 4.79 Å². The van der Waals surface area contributed by atoms with Gasteiger partial charge in [0.05, 0.1) is 7.11 Å². The lowest BCUT2D eigenvalue weighted by Crippen LogP contribution is -2.27. The average molecular weight is 247 g/mol. The van der Waals surface area contributed by atoms with Crippen LogP contribution in [0.3, 0.4) is 0 Å². The number of benzene rings is 1. The van der Waals surface area contributed by atoms with E-state index in [0.717, 1.165) is 29.0 Å². The monoisotopic (exact) mass is 247 g/mol. The third kappa shape index (κ3) is 3.13. The summed E-state index contributed by atoms with van der Waals surface area (Å²) in [6.07, 6.45) is 2.81. The van der Waals surface area contributed by atoms with Gasteiger partial charge in [0.1, 0.15) is 5.75 Å². The summed E-state index contributed by atoms with van der Waals surface area (Å²) in [6, 6.07) is 5.70. The zero-order valence-electron chi connectivity index (χ0n) is 11.8. The molecule has 0 spiro atoms. The first-order valence-electron chi connectivity index (χ1n) is 6.10. The highest BCUT2D eigenvalue weighted by Gasteiger charge is 2.14. The zero-order valence-corrected chi connectivity index (χ0v) is 11.8. The van der Waals surface area contributed by atoms with Gasteiger partial charge in [0.25, 0.3) is 5.91 Å². The highest BCUT2D eigenvalue weighted by atomic mass is 16.5. The molecule has 0 N–H and O–H groups in total. The van der Waals surface area contributed by atoms with E-state index < -0.39 is 0 Å². The molecule has 3 nitrogen and oxygen atoms in total. The average Bonchev–Trinajstić information content (AvgIpc) is 2.37. The summed E-state index contributed by atoms with van der Waals surface area (Å²) in [6.45, 7) is 5.84. The van der Waals surface area contributed by atoms with Crippen LogP contribution in [0.25, 0.3) is 0 Å². The number of methoxy groups -OCH3 is 1. The Balaban J connectivity index is 3.00. The molecule has 0 atom stereocenters. The van der Waals surface area contributed by atoms with E-state index in [4.69, 9.17) is 4.74 Å². The normalized spacial score (nSPS) is 11.3. The lowest BCUT2D eigenvalue weighted by molar-refractivity contribution is -0.114. The van der Waals surface area contributed by atoms with E-state index in [9.17, 15) is 4.79 Å². The van der Waals surface area contributed by atoms with Crippen LogP contribution in [0.15, 0.2) is 29.8 Å². The van der Waals surface area contributed by atoms with E-state index in [1.807, 2.05) is 45.0 Å². The molecule has 0 aliphatic heterocycles. The van der Waals surface area contributed by atoms with Crippen molar-refractivity contribution in [2.24, 2.45) is 0 Å². The standard InChI is InChI=1S/C15H21NO2/c1-6-7-11(2)15(17)16(4)14-9-8-13(18-5)10-12(14)3/h7-10H,6H2,1-5H3. The second-order valence-corrected chi connectivity index (χ2v) is 4.31. The number of likely N-dealkylation sites (N-methyl/N-ethyl adjacent to an activating group) is 1. The molecule has 18 heavy (non-hydrogen) atoms. The van der Waals surface area contributed by atoms with Gasteiger partial charge in [0.15, 0.2) is 0 Å². The fraction of sp³-hybridized carbons (Fsp3) is 0.400. The lowest BCUT2D eigenvalue weighted by atomic mass is 10.1. The number of amides is 1. The third-order valence-electron chi connectivity index (χ3n) is 2.92. The van der Waals surface area contributed by atoms with Gasteiger partial charge in [-0.15, -0.1) is 0 Å². The van der Waals surface area contributed by atoms with Crippen molar-refractivity contribution in [3.63, 3.8) is 0 Å². The van der Waals surface area contributed by atoms with Crippen LogP contribution in [0.2, 0.25) is 0 Å². The summed E-state index contributed by atoms with van der Waals surface area (Å²) < 4.78 is 5.16. The minimum Gasteiger partial charge on any atom is -0.497 e. The molecule has 0 aliphatic carbocycles. The number of hydrogen-bond acceptors (Lipinski definition) is 2. The van der Waals surface area contributed by atoms with Gasteiger partial charge in [0.2, 0.25) is 0 Å². The van der Waals surface area contributed by atoms with Gasteiger partial charge in [-0.25, -0.2) is 0 Å². The number of rotatable bonds is 4. The molecule has 98 valence electrons. The van der Waals surface area contributed by atoms with Crippen molar-refractivity contribution in [1.82, 2.24) is 0 Å². The molecule has 0 fully saturated rings. The molecule has 0 aliphatic rings. The highest BCUT2D eigenvalue weighted by Crippen LogP contribution is 2.24. The van der Waals surface area contributed by atoms with Crippen molar-refractivity contribution >= 4 is 11.6 Å². The molecule has 3 heteroatoms. The van der Waals surface area contributed by atoms with Gasteiger partial charge in [-0.1, -0.05) is 13.0 Å². The number of hydrogen-bond donors (Lipinski definition) is 0. The lowest BCUT2D eigenvalue weighted by Gasteiger charge is -2.20. The largest absolute Gasteiger partial charge is 0.497 e. The van der Waals surface area contributed by atoms with Crippen molar-refractivity contribution < 1.29 is 9.53 Å². The summed E-state index contributed by atoms with van der Waals surface area (Å²) in [4.78, 5) is 13.8. The molecule has 1 amide bonds. The Morgan fingerprint density at radius 1 is 1.44 bits per heavy atom. The fourth-order valence-corrected chi connectivity index (χ4v) is 1.90. The second-order valence-electron chi connectivity index (χ2n) is 4.31. The number of allylic oxidation sites excluding steroid dienone is 1. The van der Waals surface area contributed by atoms with Gasteiger partial charge < -0.3 is 9.64 Å². The Morgan fingerprint density at radius 2 is 2.11 bits per heavy atom. The first-order chi connectivity index (χ1) is 8.51. The third-order valence-corrected chi connectivity index (χ3v) is 2.92. The van der Waals surface area contributed by atoms with Crippen LogP contribution >= 0.6 is 0 Å². The van der Waals surface area contributed by atoms with Gasteiger partial charge in [-0.3, -0.25) is 4.79 Å². The van der Waals surface area contributed by atoms with Gasteiger partial charge in [-0.2, -0.15) is 0 Å². The smallest absolute Gasteiger partial charge is 0.253 e. The first kappa shape index (κ1) is 14.3. The second kappa shape index (κ2) is 6.24. The topological polar surface area (TPSA) is 29.5 Å². The molecule has 1 aromatic carbocycles. The number of anilines is 1. The van der Waals surface area contributed by atoms with E-state index in [1.54, 1.807) is 19.1 Å². The minimum atomic E-state index is 0.0325. The van der Waals surface area contributed by atoms with Crippen LogP contribution in [-0.4, -0.2) is 20.1 Å². The Kier molecular flexibility index (Phi) is 4.95. The number of carbonyl (C=O) groups is 1. The predicted molar refractivity (Wildman–Crippen MR) is 75.2 cm³/mol. The Morgan fingerprint density at radius 3 is 2.61 bits per heavy atom. The SMILES string of the molecule is CCC=C(C)C(=O)N(C)c1ccc(OC)cc1C.